The monoisotopic (exact) mass is 357 g/mol. The molecule has 1 amide bonds. The number of carboxylic acid groups (broad SMARTS) is 1. The lowest BCUT2D eigenvalue weighted by Gasteiger charge is -2.11. The molecular formula is C22H17N2O3. The minimum atomic E-state index is -1.00. The quantitative estimate of drug-likeness (QED) is 0.567. The molecule has 0 aliphatic heterocycles. The predicted molar refractivity (Wildman–Crippen MR) is 104 cm³/mol. The first-order chi connectivity index (χ1) is 13.1. The van der Waals surface area contributed by atoms with Gasteiger partial charge in [-0.05, 0) is 34.5 Å². The SMILES string of the molecule is O=C([N]CC(C(=O)O)c1c[nH]c2ccccc12)c1ccc2ccccc2c1. The molecule has 1 unspecified atom stereocenters. The van der Waals surface area contributed by atoms with Crippen molar-refractivity contribution in [2.24, 2.45) is 0 Å². The third-order valence-electron chi connectivity index (χ3n) is 4.71. The summed E-state index contributed by atoms with van der Waals surface area (Å²) in [6.45, 7) is -0.108. The van der Waals surface area contributed by atoms with Crippen molar-refractivity contribution in [3.63, 3.8) is 0 Å². The van der Waals surface area contributed by atoms with E-state index in [4.69, 9.17) is 0 Å². The number of aromatic amines is 1. The van der Waals surface area contributed by atoms with E-state index in [0.717, 1.165) is 21.7 Å². The number of hydrogen-bond acceptors (Lipinski definition) is 2. The number of amides is 1. The van der Waals surface area contributed by atoms with Gasteiger partial charge in [0.1, 0.15) is 5.92 Å². The second kappa shape index (κ2) is 6.96. The van der Waals surface area contributed by atoms with Gasteiger partial charge < -0.3 is 10.1 Å². The van der Waals surface area contributed by atoms with Gasteiger partial charge in [0.25, 0.3) is 5.91 Å². The number of carbonyl (C=O) groups excluding carboxylic acids is 1. The molecule has 0 aliphatic carbocycles. The maximum Gasteiger partial charge on any atom is 0.312 e. The van der Waals surface area contributed by atoms with E-state index < -0.39 is 17.8 Å². The summed E-state index contributed by atoms with van der Waals surface area (Å²) in [5, 5.41) is 16.5. The molecule has 133 valence electrons. The largest absolute Gasteiger partial charge is 0.481 e. The van der Waals surface area contributed by atoms with E-state index in [2.05, 4.69) is 10.3 Å². The molecule has 0 bridgehead atoms. The zero-order valence-electron chi connectivity index (χ0n) is 14.4. The minimum absolute atomic E-state index is 0.108. The molecule has 0 aliphatic rings. The maximum atomic E-state index is 12.5. The van der Waals surface area contributed by atoms with Gasteiger partial charge in [-0.2, -0.15) is 0 Å². The Bertz CT molecular complexity index is 1150. The molecule has 5 heteroatoms. The first kappa shape index (κ1) is 16.8. The van der Waals surface area contributed by atoms with Crippen molar-refractivity contribution in [2.75, 3.05) is 6.54 Å². The Labute approximate surface area is 155 Å². The molecule has 0 saturated heterocycles. The van der Waals surface area contributed by atoms with Crippen LogP contribution in [0.3, 0.4) is 0 Å². The first-order valence-corrected chi connectivity index (χ1v) is 8.63. The molecule has 0 spiro atoms. The molecule has 1 heterocycles. The average Bonchev–Trinajstić information content (AvgIpc) is 3.11. The zero-order chi connectivity index (χ0) is 18.8. The summed E-state index contributed by atoms with van der Waals surface area (Å²) in [5.41, 5.74) is 1.95. The van der Waals surface area contributed by atoms with E-state index in [-0.39, 0.29) is 6.54 Å². The van der Waals surface area contributed by atoms with E-state index in [0.29, 0.717) is 11.1 Å². The molecule has 5 nitrogen and oxygen atoms in total. The van der Waals surface area contributed by atoms with Gasteiger partial charge in [-0.15, -0.1) is 0 Å². The van der Waals surface area contributed by atoms with Crippen LogP contribution in [0.5, 0.6) is 0 Å². The van der Waals surface area contributed by atoms with Crippen molar-refractivity contribution in [2.45, 2.75) is 5.92 Å². The van der Waals surface area contributed by atoms with Crippen LogP contribution in [0, 0.1) is 0 Å². The van der Waals surface area contributed by atoms with Gasteiger partial charge in [-0.3, -0.25) is 9.59 Å². The number of aromatic nitrogens is 1. The standard InChI is InChI=1S/C22H17N2O3/c25-21(16-10-9-14-5-1-2-6-15(14)11-16)24-13-19(22(26)27)18-12-23-20-8-4-3-7-17(18)20/h1-12,19,23H,13H2,(H,26,27). The van der Waals surface area contributed by atoms with Crippen LogP contribution < -0.4 is 5.32 Å². The summed E-state index contributed by atoms with van der Waals surface area (Å²) < 4.78 is 0. The third kappa shape index (κ3) is 3.27. The number of benzene rings is 3. The van der Waals surface area contributed by atoms with Crippen LogP contribution in [-0.2, 0) is 4.79 Å². The van der Waals surface area contributed by atoms with Crippen LogP contribution in [0.4, 0.5) is 0 Å². The van der Waals surface area contributed by atoms with Crippen LogP contribution in [0.2, 0.25) is 0 Å². The Morgan fingerprint density at radius 3 is 2.52 bits per heavy atom. The molecule has 4 rings (SSSR count). The summed E-state index contributed by atoms with van der Waals surface area (Å²) in [7, 11) is 0. The molecular weight excluding hydrogens is 340 g/mol. The van der Waals surface area contributed by atoms with Gasteiger partial charge in [0.15, 0.2) is 0 Å². The number of aliphatic carboxylic acids is 1. The Morgan fingerprint density at radius 2 is 1.70 bits per heavy atom. The van der Waals surface area contributed by atoms with Crippen molar-refractivity contribution in [3.05, 3.63) is 84.1 Å². The first-order valence-electron chi connectivity index (χ1n) is 8.63. The zero-order valence-corrected chi connectivity index (χ0v) is 14.4. The highest BCUT2D eigenvalue weighted by atomic mass is 16.4. The van der Waals surface area contributed by atoms with Gasteiger partial charge in [-0.25, -0.2) is 5.32 Å². The number of carboxylic acids is 1. The van der Waals surface area contributed by atoms with Crippen LogP contribution in [0.25, 0.3) is 21.7 Å². The lowest BCUT2D eigenvalue weighted by Crippen LogP contribution is -2.26. The summed E-state index contributed by atoms with van der Waals surface area (Å²) in [4.78, 5) is 27.3. The Hall–Kier alpha value is -3.60. The molecule has 1 radical (unpaired) electrons. The van der Waals surface area contributed by atoms with Gasteiger partial charge in [0, 0.05) is 22.7 Å². The highest BCUT2D eigenvalue weighted by Gasteiger charge is 2.24. The Kier molecular flexibility index (Phi) is 4.34. The van der Waals surface area contributed by atoms with E-state index in [1.807, 2.05) is 54.6 Å². The number of rotatable bonds is 5. The minimum Gasteiger partial charge on any atom is -0.481 e. The number of carbonyl (C=O) groups is 2. The molecule has 2 N–H and O–H groups in total. The van der Waals surface area contributed by atoms with Crippen LogP contribution >= 0.6 is 0 Å². The third-order valence-corrected chi connectivity index (χ3v) is 4.71. The molecule has 0 fully saturated rings. The summed E-state index contributed by atoms with van der Waals surface area (Å²) in [6.07, 6.45) is 1.68. The second-order valence-corrected chi connectivity index (χ2v) is 6.39. The molecule has 0 saturated carbocycles. The lowest BCUT2D eigenvalue weighted by atomic mass is 9.98. The van der Waals surface area contributed by atoms with E-state index >= 15 is 0 Å². The summed E-state index contributed by atoms with van der Waals surface area (Å²) >= 11 is 0. The van der Waals surface area contributed by atoms with Crippen molar-refractivity contribution >= 4 is 33.6 Å². The molecule has 3 aromatic carbocycles. The van der Waals surface area contributed by atoms with Crippen molar-refractivity contribution < 1.29 is 14.7 Å². The van der Waals surface area contributed by atoms with Crippen LogP contribution in [0.1, 0.15) is 21.8 Å². The number of H-pyrrole nitrogens is 1. The fourth-order valence-electron chi connectivity index (χ4n) is 3.28. The van der Waals surface area contributed by atoms with Crippen molar-refractivity contribution in [3.8, 4) is 0 Å². The number of nitrogens with one attached hydrogen (secondary N) is 1. The average molecular weight is 357 g/mol. The fourth-order valence-corrected chi connectivity index (χ4v) is 3.28. The van der Waals surface area contributed by atoms with Gasteiger partial charge in [-0.1, -0.05) is 48.5 Å². The maximum absolute atomic E-state index is 12.5. The number of hydrogen-bond donors (Lipinski definition) is 2. The molecule has 1 atom stereocenters. The fraction of sp³-hybridized carbons (Fsp3) is 0.0909. The van der Waals surface area contributed by atoms with Gasteiger partial charge in [0.05, 0.1) is 6.54 Å². The van der Waals surface area contributed by atoms with E-state index in [9.17, 15) is 14.7 Å². The molecule has 4 aromatic rings. The van der Waals surface area contributed by atoms with Crippen LogP contribution in [-0.4, -0.2) is 28.5 Å². The van der Waals surface area contributed by atoms with Gasteiger partial charge >= 0.3 is 5.97 Å². The number of fused-ring (bicyclic) bond motifs is 2. The second-order valence-electron chi connectivity index (χ2n) is 6.39. The normalized spacial score (nSPS) is 12.1. The lowest BCUT2D eigenvalue weighted by molar-refractivity contribution is -0.138. The number of nitrogens with zero attached hydrogens (tertiary/aromatic N) is 1. The highest BCUT2D eigenvalue weighted by molar-refractivity contribution is 5.99. The summed E-state index contributed by atoms with van der Waals surface area (Å²) in [5.74, 6) is -2.30. The van der Waals surface area contributed by atoms with Crippen molar-refractivity contribution in [1.82, 2.24) is 10.3 Å². The predicted octanol–water partition coefficient (Wildman–Crippen LogP) is 3.93. The molecule has 27 heavy (non-hydrogen) atoms. The number of para-hydroxylation sites is 1. The van der Waals surface area contributed by atoms with E-state index in [1.165, 1.54) is 0 Å². The molecule has 1 aromatic heterocycles. The van der Waals surface area contributed by atoms with Crippen LogP contribution in [0.15, 0.2) is 72.9 Å². The van der Waals surface area contributed by atoms with E-state index in [1.54, 1.807) is 18.3 Å². The smallest absolute Gasteiger partial charge is 0.312 e. The summed E-state index contributed by atoms with van der Waals surface area (Å²) in [6, 6.07) is 20.6. The topological polar surface area (TPSA) is 84.3 Å². The van der Waals surface area contributed by atoms with Gasteiger partial charge in [0.2, 0.25) is 0 Å². The van der Waals surface area contributed by atoms with Crippen molar-refractivity contribution in [1.29, 1.82) is 0 Å². The highest BCUT2D eigenvalue weighted by Crippen LogP contribution is 2.26. The Morgan fingerprint density at radius 1 is 0.963 bits per heavy atom. The Balaban J connectivity index is 1.55.